The number of fused-ring (bicyclic) bond motifs is 1. The Kier molecular flexibility index (Phi) is 3.22. The van der Waals surface area contributed by atoms with Gasteiger partial charge in [-0.3, -0.25) is 4.79 Å². The molecule has 0 saturated carbocycles. The minimum absolute atomic E-state index is 0.00110. The van der Waals surface area contributed by atoms with Crippen molar-refractivity contribution in [2.45, 2.75) is 26.3 Å². The van der Waals surface area contributed by atoms with E-state index >= 15 is 0 Å². The average molecular weight is 270 g/mol. The zero-order chi connectivity index (χ0) is 14.1. The molecule has 0 fully saturated rings. The van der Waals surface area contributed by atoms with Gasteiger partial charge in [0.1, 0.15) is 5.75 Å². The van der Waals surface area contributed by atoms with Gasteiger partial charge in [0.2, 0.25) is 0 Å². The Morgan fingerprint density at radius 3 is 3.05 bits per heavy atom. The van der Waals surface area contributed by atoms with Crippen molar-refractivity contribution < 1.29 is 4.74 Å². The van der Waals surface area contributed by atoms with E-state index in [-0.39, 0.29) is 5.56 Å². The third-order valence-electron chi connectivity index (χ3n) is 3.77. The minimum Gasteiger partial charge on any atom is -0.493 e. The summed E-state index contributed by atoms with van der Waals surface area (Å²) in [4.78, 5) is 11.9. The standard InChI is InChI=1S/C16H18N2O2/c1-11-8-16(19)18(10-14(11)17)6-4-12-2-3-15-13(9-12)5-7-20-15/h2-3,8-10H,4-7,17H2,1H3. The van der Waals surface area contributed by atoms with Crippen LogP contribution in [0.2, 0.25) is 0 Å². The Hall–Kier alpha value is -2.23. The number of benzene rings is 1. The van der Waals surface area contributed by atoms with Crippen LogP contribution in [0.4, 0.5) is 5.69 Å². The van der Waals surface area contributed by atoms with E-state index in [1.54, 1.807) is 16.8 Å². The molecule has 1 aromatic heterocycles. The molecule has 0 spiro atoms. The van der Waals surface area contributed by atoms with Crippen LogP contribution in [0.1, 0.15) is 16.7 Å². The highest BCUT2D eigenvalue weighted by molar-refractivity contribution is 5.43. The summed E-state index contributed by atoms with van der Waals surface area (Å²) in [7, 11) is 0. The predicted octanol–water partition coefficient (Wildman–Crippen LogP) is 1.92. The molecular formula is C16H18N2O2. The summed E-state index contributed by atoms with van der Waals surface area (Å²) in [5, 5.41) is 0. The third-order valence-corrected chi connectivity index (χ3v) is 3.77. The zero-order valence-corrected chi connectivity index (χ0v) is 11.6. The van der Waals surface area contributed by atoms with E-state index in [0.29, 0.717) is 12.2 Å². The van der Waals surface area contributed by atoms with Crippen LogP contribution in [-0.4, -0.2) is 11.2 Å². The highest BCUT2D eigenvalue weighted by Crippen LogP contribution is 2.26. The van der Waals surface area contributed by atoms with Gasteiger partial charge < -0.3 is 15.0 Å². The average Bonchev–Trinajstić information content (AvgIpc) is 2.89. The second-order valence-corrected chi connectivity index (χ2v) is 5.23. The van der Waals surface area contributed by atoms with Crippen LogP contribution in [0.25, 0.3) is 0 Å². The zero-order valence-electron chi connectivity index (χ0n) is 11.6. The van der Waals surface area contributed by atoms with Crippen LogP contribution in [0.15, 0.2) is 35.3 Å². The van der Waals surface area contributed by atoms with Crippen molar-refractivity contribution >= 4 is 5.69 Å². The second-order valence-electron chi connectivity index (χ2n) is 5.23. The van der Waals surface area contributed by atoms with Gasteiger partial charge in [0, 0.05) is 25.2 Å². The maximum absolute atomic E-state index is 11.9. The van der Waals surface area contributed by atoms with E-state index < -0.39 is 0 Å². The monoisotopic (exact) mass is 270 g/mol. The molecule has 20 heavy (non-hydrogen) atoms. The predicted molar refractivity (Wildman–Crippen MR) is 79.2 cm³/mol. The van der Waals surface area contributed by atoms with E-state index in [9.17, 15) is 4.79 Å². The fraction of sp³-hybridized carbons (Fsp3) is 0.312. The number of nitrogens with zero attached hydrogens (tertiary/aromatic N) is 1. The molecule has 1 aromatic carbocycles. The first-order valence-corrected chi connectivity index (χ1v) is 6.84. The summed E-state index contributed by atoms with van der Waals surface area (Å²) in [5.41, 5.74) is 9.84. The molecule has 0 atom stereocenters. The van der Waals surface area contributed by atoms with E-state index in [4.69, 9.17) is 10.5 Å². The Bertz CT molecular complexity index is 704. The molecule has 2 N–H and O–H groups in total. The van der Waals surface area contributed by atoms with Crippen molar-refractivity contribution in [3.63, 3.8) is 0 Å². The molecule has 0 radical (unpaired) electrons. The van der Waals surface area contributed by atoms with Gasteiger partial charge in [-0.2, -0.15) is 0 Å². The molecule has 0 saturated heterocycles. The first-order valence-electron chi connectivity index (χ1n) is 6.84. The molecule has 0 unspecified atom stereocenters. The Balaban J connectivity index is 1.77. The number of nitrogens with two attached hydrogens (primary N) is 1. The van der Waals surface area contributed by atoms with Crippen LogP contribution in [0, 0.1) is 6.92 Å². The molecule has 0 amide bonds. The molecule has 3 rings (SSSR count). The van der Waals surface area contributed by atoms with Crippen molar-refractivity contribution in [2.75, 3.05) is 12.3 Å². The lowest BCUT2D eigenvalue weighted by Crippen LogP contribution is -2.21. The lowest BCUT2D eigenvalue weighted by atomic mass is 10.1. The third kappa shape index (κ3) is 2.41. The van der Waals surface area contributed by atoms with Gasteiger partial charge in [0.25, 0.3) is 5.56 Å². The SMILES string of the molecule is Cc1cc(=O)n(CCc2ccc3c(c2)CCO3)cc1N. The summed E-state index contributed by atoms with van der Waals surface area (Å²) < 4.78 is 7.17. The minimum atomic E-state index is 0.00110. The maximum atomic E-state index is 11.9. The first kappa shape index (κ1) is 12.8. The van der Waals surface area contributed by atoms with Crippen molar-refractivity contribution in [1.82, 2.24) is 4.57 Å². The van der Waals surface area contributed by atoms with Gasteiger partial charge >= 0.3 is 0 Å². The maximum Gasteiger partial charge on any atom is 0.250 e. The summed E-state index contributed by atoms with van der Waals surface area (Å²) in [6.07, 6.45) is 3.52. The van der Waals surface area contributed by atoms with E-state index in [1.165, 1.54) is 11.1 Å². The Labute approximate surface area is 117 Å². The van der Waals surface area contributed by atoms with E-state index in [1.807, 2.05) is 13.0 Å². The van der Waals surface area contributed by atoms with Gasteiger partial charge in [-0.15, -0.1) is 0 Å². The number of aryl methyl sites for hydroxylation is 3. The fourth-order valence-corrected chi connectivity index (χ4v) is 2.50. The Morgan fingerprint density at radius 2 is 2.20 bits per heavy atom. The van der Waals surface area contributed by atoms with E-state index in [0.717, 1.165) is 30.8 Å². The Morgan fingerprint density at radius 1 is 1.35 bits per heavy atom. The normalized spacial score (nSPS) is 13.1. The van der Waals surface area contributed by atoms with Crippen molar-refractivity contribution in [2.24, 2.45) is 0 Å². The molecule has 0 aliphatic carbocycles. The summed E-state index contributed by atoms with van der Waals surface area (Å²) in [5.74, 6) is 0.991. The number of hydrogen-bond acceptors (Lipinski definition) is 3. The van der Waals surface area contributed by atoms with Gasteiger partial charge in [-0.05, 0) is 36.1 Å². The van der Waals surface area contributed by atoms with E-state index in [2.05, 4.69) is 12.1 Å². The lowest BCUT2D eigenvalue weighted by molar-refractivity contribution is 0.357. The summed E-state index contributed by atoms with van der Waals surface area (Å²) >= 11 is 0. The molecule has 0 bridgehead atoms. The number of aromatic nitrogens is 1. The van der Waals surface area contributed by atoms with Crippen molar-refractivity contribution in [1.29, 1.82) is 0 Å². The molecule has 2 heterocycles. The van der Waals surface area contributed by atoms with Crippen molar-refractivity contribution in [3.8, 4) is 5.75 Å². The van der Waals surface area contributed by atoms with Crippen LogP contribution < -0.4 is 16.0 Å². The van der Waals surface area contributed by atoms with Crippen LogP contribution in [0.5, 0.6) is 5.75 Å². The van der Waals surface area contributed by atoms with Gasteiger partial charge in [0.05, 0.1) is 12.3 Å². The number of nitrogen functional groups attached to an aromatic ring is 1. The van der Waals surface area contributed by atoms with Crippen LogP contribution >= 0.6 is 0 Å². The van der Waals surface area contributed by atoms with Crippen LogP contribution in [0.3, 0.4) is 0 Å². The van der Waals surface area contributed by atoms with Gasteiger partial charge in [-0.1, -0.05) is 12.1 Å². The first-order chi connectivity index (χ1) is 9.63. The molecule has 1 aliphatic rings. The quantitative estimate of drug-likeness (QED) is 0.927. The largest absolute Gasteiger partial charge is 0.493 e. The van der Waals surface area contributed by atoms with Gasteiger partial charge in [-0.25, -0.2) is 0 Å². The fourth-order valence-electron chi connectivity index (χ4n) is 2.50. The molecule has 104 valence electrons. The van der Waals surface area contributed by atoms with Crippen LogP contribution in [-0.2, 0) is 19.4 Å². The summed E-state index contributed by atoms with van der Waals surface area (Å²) in [6, 6.07) is 7.84. The topological polar surface area (TPSA) is 57.2 Å². The molecule has 4 heteroatoms. The number of hydrogen-bond donors (Lipinski definition) is 1. The second kappa shape index (κ2) is 5.04. The molecule has 2 aromatic rings. The number of pyridine rings is 1. The molecule has 4 nitrogen and oxygen atoms in total. The highest BCUT2D eigenvalue weighted by atomic mass is 16.5. The molecular weight excluding hydrogens is 252 g/mol. The lowest BCUT2D eigenvalue weighted by Gasteiger charge is -2.09. The highest BCUT2D eigenvalue weighted by Gasteiger charge is 2.12. The van der Waals surface area contributed by atoms with Gasteiger partial charge in [0.15, 0.2) is 0 Å². The molecule has 1 aliphatic heterocycles. The smallest absolute Gasteiger partial charge is 0.250 e. The number of anilines is 1. The van der Waals surface area contributed by atoms with Crippen molar-refractivity contribution in [3.05, 3.63) is 57.5 Å². The summed E-state index contributed by atoms with van der Waals surface area (Å²) in [6.45, 7) is 3.26. The number of rotatable bonds is 3. The number of ether oxygens (including phenoxy) is 1.